The minimum Gasteiger partial charge on any atom is -0.356 e. The van der Waals surface area contributed by atoms with Gasteiger partial charge in [-0.1, -0.05) is 6.92 Å². The lowest BCUT2D eigenvalue weighted by molar-refractivity contribution is -0.120. The summed E-state index contributed by atoms with van der Waals surface area (Å²) >= 11 is 3.98. The molecular weight excluding hydrogens is 158 g/mol. The number of hydrogen-bond acceptors (Lipinski definition) is 2. The monoisotopic (exact) mass is 173 g/mol. The average Bonchev–Trinajstić information content (AvgIpc) is 2.63. The summed E-state index contributed by atoms with van der Waals surface area (Å²) in [6.07, 6.45) is 1.82. The van der Waals surface area contributed by atoms with Crippen LogP contribution in [0.2, 0.25) is 0 Å². The quantitative estimate of drug-likeness (QED) is 0.612. The normalized spacial score (nSPS) is 28.2. The van der Waals surface area contributed by atoms with Gasteiger partial charge in [0.25, 0.3) is 0 Å². The smallest absolute Gasteiger partial charge is 0.220 e. The van der Waals surface area contributed by atoms with Gasteiger partial charge in [0.05, 0.1) is 0 Å². The molecule has 2 atom stereocenters. The number of nitrogens with one attached hydrogen (secondary N) is 1. The molecule has 3 heteroatoms. The standard InChI is InChI=1S/C8H15NOS/c1-6-4-7(6)5-9-8(10)2-3-11/h6-7,11H,2-5H2,1H3,(H,9,10). The molecule has 0 saturated heterocycles. The van der Waals surface area contributed by atoms with Crippen LogP contribution in [0.4, 0.5) is 0 Å². The van der Waals surface area contributed by atoms with Gasteiger partial charge < -0.3 is 5.32 Å². The van der Waals surface area contributed by atoms with Gasteiger partial charge in [-0.05, 0) is 24.0 Å². The molecule has 0 aromatic rings. The first kappa shape index (κ1) is 8.91. The van der Waals surface area contributed by atoms with Gasteiger partial charge in [0, 0.05) is 13.0 Å². The van der Waals surface area contributed by atoms with Crippen LogP contribution < -0.4 is 5.32 Å². The molecule has 0 radical (unpaired) electrons. The summed E-state index contributed by atoms with van der Waals surface area (Å²) in [5.74, 6) is 2.36. The Morgan fingerprint density at radius 3 is 2.82 bits per heavy atom. The lowest BCUT2D eigenvalue weighted by Crippen LogP contribution is -2.25. The van der Waals surface area contributed by atoms with E-state index in [2.05, 4.69) is 24.9 Å². The molecule has 1 aliphatic carbocycles. The third-order valence-corrected chi connectivity index (χ3v) is 2.40. The largest absolute Gasteiger partial charge is 0.356 e. The van der Waals surface area contributed by atoms with Crippen LogP contribution >= 0.6 is 12.6 Å². The number of amides is 1. The fourth-order valence-corrected chi connectivity index (χ4v) is 1.32. The summed E-state index contributed by atoms with van der Waals surface area (Å²) in [5, 5.41) is 2.89. The van der Waals surface area contributed by atoms with Gasteiger partial charge >= 0.3 is 0 Å². The maximum Gasteiger partial charge on any atom is 0.220 e. The van der Waals surface area contributed by atoms with Gasteiger partial charge in [-0.2, -0.15) is 12.6 Å². The second-order valence-electron chi connectivity index (χ2n) is 3.25. The molecule has 1 N–H and O–H groups in total. The zero-order valence-electron chi connectivity index (χ0n) is 6.84. The van der Waals surface area contributed by atoms with Crippen molar-refractivity contribution in [2.75, 3.05) is 12.3 Å². The third kappa shape index (κ3) is 3.14. The van der Waals surface area contributed by atoms with Crippen molar-refractivity contribution in [2.24, 2.45) is 11.8 Å². The Balaban J connectivity index is 1.98. The fraction of sp³-hybridized carbons (Fsp3) is 0.875. The van der Waals surface area contributed by atoms with E-state index >= 15 is 0 Å². The molecule has 0 heterocycles. The van der Waals surface area contributed by atoms with Crippen molar-refractivity contribution >= 4 is 18.5 Å². The first-order valence-corrected chi connectivity index (χ1v) is 4.75. The molecule has 2 nitrogen and oxygen atoms in total. The van der Waals surface area contributed by atoms with Crippen molar-refractivity contribution in [1.82, 2.24) is 5.32 Å². The van der Waals surface area contributed by atoms with E-state index in [1.165, 1.54) is 6.42 Å². The molecular formula is C8H15NOS. The molecule has 1 saturated carbocycles. The van der Waals surface area contributed by atoms with Crippen LogP contribution in [0.25, 0.3) is 0 Å². The summed E-state index contributed by atoms with van der Waals surface area (Å²) in [6, 6.07) is 0. The molecule has 1 aliphatic rings. The van der Waals surface area contributed by atoms with Crippen molar-refractivity contribution in [3.63, 3.8) is 0 Å². The van der Waals surface area contributed by atoms with E-state index in [1.54, 1.807) is 0 Å². The van der Waals surface area contributed by atoms with E-state index in [-0.39, 0.29) is 5.91 Å². The van der Waals surface area contributed by atoms with E-state index in [9.17, 15) is 4.79 Å². The molecule has 64 valence electrons. The minimum absolute atomic E-state index is 0.138. The number of thiol groups is 1. The highest BCUT2D eigenvalue weighted by atomic mass is 32.1. The Kier molecular flexibility index (Phi) is 3.24. The van der Waals surface area contributed by atoms with E-state index in [0.29, 0.717) is 12.2 Å². The lowest BCUT2D eigenvalue weighted by atomic mass is 10.3. The zero-order chi connectivity index (χ0) is 8.27. The number of rotatable bonds is 4. The third-order valence-electron chi connectivity index (χ3n) is 2.18. The number of carbonyl (C=O) groups excluding carboxylic acids is 1. The maximum atomic E-state index is 10.9. The second kappa shape index (κ2) is 4.00. The predicted molar refractivity (Wildman–Crippen MR) is 48.8 cm³/mol. The van der Waals surface area contributed by atoms with Crippen LogP contribution in [-0.2, 0) is 4.79 Å². The zero-order valence-corrected chi connectivity index (χ0v) is 7.73. The predicted octanol–water partition coefficient (Wildman–Crippen LogP) is 1.08. The first-order valence-electron chi connectivity index (χ1n) is 4.11. The Morgan fingerprint density at radius 1 is 1.73 bits per heavy atom. The number of carbonyl (C=O) groups is 1. The molecule has 2 unspecified atom stereocenters. The Labute approximate surface area is 73.2 Å². The Morgan fingerprint density at radius 2 is 2.36 bits per heavy atom. The first-order chi connectivity index (χ1) is 5.24. The lowest BCUT2D eigenvalue weighted by Gasteiger charge is -2.01. The molecule has 0 aromatic heterocycles. The minimum atomic E-state index is 0.138. The van der Waals surface area contributed by atoms with Crippen LogP contribution in [0.3, 0.4) is 0 Å². The van der Waals surface area contributed by atoms with Crippen molar-refractivity contribution < 1.29 is 4.79 Å². The van der Waals surface area contributed by atoms with E-state index in [0.717, 1.165) is 18.4 Å². The second-order valence-corrected chi connectivity index (χ2v) is 3.70. The van der Waals surface area contributed by atoms with Crippen molar-refractivity contribution in [2.45, 2.75) is 19.8 Å². The summed E-state index contributed by atoms with van der Waals surface area (Å²) in [4.78, 5) is 10.9. The van der Waals surface area contributed by atoms with E-state index in [4.69, 9.17) is 0 Å². The average molecular weight is 173 g/mol. The van der Waals surface area contributed by atoms with Crippen molar-refractivity contribution in [3.8, 4) is 0 Å². The SMILES string of the molecule is CC1CC1CNC(=O)CCS. The van der Waals surface area contributed by atoms with Gasteiger partial charge in [-0.25, -0.2) is 0 Å². The van der Waals surface area contributed by atoms with Crippen LogP contribution in [0.1, 0.15) is 19.8 Å². The molecule has 1 amide bonds. The topological polar surface area (TPSA) is 29.1 Å². The van der Waals surface area contributed by atoms with Crippen molar-refractivity contribution in [1.29, 1.82) is 0 Å². The van der Waals surface area contributed by atoms with Gasteiger partial charge in [0.1, 0.15) is 0 Å². The van der Waals surface area contributed by atoms with Crippen LogP contribution in [0.5, 0.6) is 0 Å². The highest BCUT2D eigenvalue weighted by Crippen LogP contribution is 2.36. The maximum absolute atomic E-state index is 10.9. The van der Waals surface area contributed by atoms with Gasteiger partial charge in [-0.15, -0.1) is 0 Å². The highest BCUT2D eigenvalue weighted by molar-refractivity contribution is 7.80. The van der Waals surface area contributed by atoms with E-state index in [1.807, 2.05) is 0 Å². The summed E-state index contributed by atoms with van der Waals surface area (Å²) in [7, 11) is 0. The molecule has 0 aromatic carbocycles. The van der Waals surface area contributed by atoms with Crippen LogP contribution in [0, 0.1) is 11.8 Å². The Bertz CT molecular complexity index is 149. The van der Waals surface area contributed by atoms with Crippen molar-refractivity contribution in [3.05, 3.63) is 0 Å². The van der Waals surface area contributed by atoms with Crippen LogP contribution in [0.15, 0.2) is 0 Å². The Hall–Kier alpha value is -0.180. The van der Waals surface area contributed by atoms with Crippen LogP contribution in [-0.4, -0.2) is 18.2 Å². The van der Waals surface area contributed by atoms with Gasteiger partial charge in [0.15, 0.2) is 0 Å². The molecule has 0 aliphatic heterocycles. The highest BCUT2D eigenvalue weighted by Gasteiger charge is 2.32. The fourth-order valence-electron chi connectivity index (χ4n) is 1.12. The summed E-state index contributed by atoms with van der Waals surface area (Å²) < 4.78 is 0. The molecule has 11 heavy (non-hydrogen) atoms. The van der Waals surface area contributed by atoms with Gasteiger partial charge in [0.2, 0.25) is 5.91 Å². The summed E-state index contributed by atoms with van der Waals surface area (Å²) in [6.45, 7) is 3.09. The molecule has 0 bridgehead atoms. The summed E-state index contributed by atoms with van der Waals surface area (Å²) in [5.41, 5.74) is 0. The number of hydrogen-bond donors (Lipinski definition) is 2. The van der Waals surface area contributed by atoms with E-state index < -0.39 is 0 Å². The molecule has 1 rings (SSSR count). The van der Waals surface area contributed by atoms with Gasteiger partial charge in [-0.3, -0.25) is 4.79 Å². The molecule has 1 fully saturated rings. The molecule has 0 spiro atoms.